The Morgan fingerprint density at radius 3 is 2.45 bits per heavy atom. The van der Waals surface area contributed by atoms with Crippen molar-refractivity contribution in [3.63, 3.8) is 0 Å². The molecule has 2 aromatic carbocycles. The maximum absolute atomic E-state index is 12.4. The predicted molar refractivity (Wildman–Crippen MR) is 110 cm³/mol. The van der Waals surface area contributed by atoms with E-state index < -0.39 is 0 Å². The zero-order chi connectivity index (χ0) is 21.1. The smallest absolute Gasteiger partial charge is 0.261 e. The van der Waals surface area contributed by atoms with E-state index in [1.54, 1.807) is 36.4 Å². The van der Waals surface area contributed by atoms with Gasteiger partial charge in [-0.25, -0.2) is 0 Å². The summed E-state index contributed by atoms with van der Waals surface area (Å²) in [6, 6.07) is 9.91. The first-order chi connectivity index (χ1) is 13.8. The number of anilines is 2. The van der Waals surface area contributed by atoms with Crippen LogP contribution in [0.3, 0.4) is 0 Å². The Hall–Kier alpha value is -3.19. The van der Waals surface area contributed by atoms with Crippen LogP contribution in [0.15, 0.2) is 36.4 Å². The lowest BCUT2D eigenvalue weighted by atomic mass is 10.1. The van der Waals surface area contributed by atoms with Crippen LogP contribution in [0.5, 0.6) is 0 Å². The summed E-state index contributed by atoms with van der Waals surface area (Å²) < 4.78 is 0. The third-order valence-corrected chi connectivity index (χ3v) is 4.80. The first-order valence-corrected chi connectivity index (χ1v) is 9.48. The van der Waals surface area contributed by atoms with Crippen LogP contribution in [0, 0.1) is 6.92 Å². The zero-order valence-corrected chi connectivity index (χ0v) is 16.8. The molecular weight excluding hydrogens is 394 g/mol. The van der Waals surface area contributed by atoms with E-state index in [2.05, 4.69) is 10.6 Å². The van der Waals surface area contributed by atoms with Gasteiger partial charge in [-0.1, -0.05) is 23.2 Å². The van der Waals surface area contributed by atoms with Crippen molar-refractivity contribution in [1.29, 1.82) is 0 Å². The SMILES string of the molecule is CC(=O)Nc1ccc(Cl)c(NC(=O)CCCN2C(=O)c3ccc(C)cc3C2=O)c1. The number of rotatable bonds is 6. The van der Waals surface area contributed by atoms with Crippen molar-refractivity contribution in [1.82, 2.24) is 4.90 Å². The summed E-state index contributed by atoms with van der Waals surface area (Å²) in [4.78, 5) is 49.4. The maximum atomic E-state index is 12.4. The molecule has 4 amide bonds. The number of halogens is 1. The van der Waals surface area contributed by atoms with Crippen LogP contribution in [-0.2, 0) is 9.59 Å². The van der Waals surface area contributed by atoms with E-state index in [0.717, 1.165) is 5.56 Å². The van der Waals surface area contributed by atoms with E-state index in [1.165, 1.54) is 11.8 Å². The lowest BCUT2D eigenvalue weighted by Crippen LogP contribution is -2.31. The molecule has 0 bridgehead atoms. The number of fused-ring (bicyclic) bond motifs is 1. The second kappa shape index (κ2) is 8.45. The van der Waals surface area contributed by atoms with Gasteiger partial charge in [-0.2, -0.15) is 0 Å². The average Bonchev–Trinajstić information content (AvgIpc) is 2.88. The van der Waals surface area contributed by atoms with Crippen molar-refractivity contribution in [3.8, 4) is 0 Å². The van der Waals surface area contributed by atoms with Crippen LogP contribution in [0.25, 0.3) is 0 Å². The molecule has 0 spiro atoms. The minimum Gasteiger partial charge on any atom is -0.326 e. The molecule has 2 aromatic rings. The number of hydrogen-bond donors (Lipinski definition) is 2. The molecule has 1 aliphatic rings. The molecule has 8 heteroatoms. The molecule has 0 aromatic heterocycles. The largest absolute Gasteiger partial charge is 0.326 e. The van der Waals surface area contributed by atoms with E-state index >= 15 is 0 Å². The number of carbonyl (C=O) groups is 4. The molecule has 0 unspecified atom stereocenters. The molecular formula is C21H20ClN3O4. The van der Waals surface area contributed by atoms with Crippen LogP contribution >= 0.6 is 11.6 Å². The molecule has 0 aliphatic carbocycles. The molecule has 150 valence electrons. The highest BCUT2D eigenvalue weighted by Gasteiger charge is 2.34. The van der Waals surface area contributed by atoms with Gasteiger partial charge in [0.1, 0.15) is 0 Å². The Balaban J connectivity index is 1.56. The monoisotopic (exact) mass is 413 g/mol. The molecule has 7 nitrogen and oxygen atoms in total. The number of nitrogens with one attached hydrogen (secondary N) is 2. The highest BCUT2D eigenvalue weighted by molar-refractivity contribution is 6.33. The summed E-state index contributed by atoms with van der Waals surface area (Å²) in [6.07, 6.45) is 0.423. The van der Waals surface area contributed by atoms with E-state index in [-0.39, 0.29) is 36.6 Å². The minimum atomic E-state index is -0.337. The van der Waals surface area contributed by atoms with E-state index in [1.807, 2.05) is 6.92 Å². The summed E-state index contributed by atoms with van der Waals surface area (Å²) in [7, 11) is 0. The minimum absolute atomic E-state index is 0.104. The molecule has 2 N–H and O–H groups in total. The van der Waals surface area contributed by atoms with Crippen LogP contribution < -0.4 is 10.6 Å². The average molecular weight is 414 g/mol. The molecule has 0 radical (unpaired) electrons. The number of carbonyl (C=O) groups excluding carboxylic acids is 4. The van der Waals surface area contributed by atoms with Gasteiger partial charge in [0.2, 0.25) is 11.8 Å². The van der Waals surface area contributed by atoms with Crippen molar-refractivity contribution >= 4 is 46.6 Å². The van der Waals surface area contributed by atoms with Gasteiger partial charge in [0.05, 0.1) is 21.8 Å². The lowest BCUT2D eigenvalue weighted by molar-refractivity contribution is -0.116. The number of amides is 4. The predicted octanol–water partition coefficient (Wildman–Crippen LogP) is 3.62. The molecule has 0 fully saturated rings. The summed E-state index contributed by atoms with van der Waals surface area (Å²) in [5.74, 6) is -1.21. The zero-order valence-electron chi connectivity index (χ0n) is 16.0. The van der Waals surface area contributed by atoms with E-state index in [9.17, 15) is 19.2 Å². The van der Waals surface area contributed by atoms with Crippen LogP contribution in [0.4, 0.5) is 11.4 Å². The lowest BCUT2D eigenvalue weighted by Gasteiger charge is -2.14. The topological polar surface area (TPSA) is 95.6 Å². The Morgan fingerprint density at radius 1 is 1.00 bits per heavy atom. The van der Waals surface area contributed by atoms with Crippen LogP contribution in [0.1, 0.15) is 46.0 Å². The van der Waals surface area contributed by atoms with Gasteiger partial charge in [0, 0.05) is 25.6 Å². The second-order valence-corrected chi connectivity index (χ2v) is 7.25. The molecule has 1 aliphatic heterocycles. The van der Waals surface area contributed by atoms with Gasteiger partial charge in [0.15, 0.2) is 0 Å². The quantitative estimate of drug-likeness (QED) is 0.707. The molecule has 29 heavy (non-hydrogen) atoms. The first-order valence-electron chi connectivity index (χ1n) is 9.10. The fourth-order valence-corrected chi connectivity index (χ4v) is 3.28. The molecule has 3 rings (SSSR count). The van der Waals surface area contributed by atoms with Crippen LogP contribution in [0.2, 0.25) is 5.02 Å². The van der Waals surface area contributed by atoms with Crippen molar-refractivity contribution in [3.05, 3.63) is 58.1 Å². The normalized spacial score (nSPS) is 12.7. The van der Waals surface area contributed by atoms with Crippen molar-refractivity contribution < 1.29 is 19.2 Å². The highest BCUT2D eigenvalue weighted by atomic mass is 35.5. The van der Waals surface area contributed by atoms with Gasteiger partial charge < -0.3 is 10.6 Å². The molecule has 0 atom stereocenters. The van der Waals surface area contributed by atoms with Crippen molar-refractivity contribution in [2.24, 2.45) is 0 Å². The highest BCUT2D eigenvalue weighted by Crippen LogP contribution is 2.26. The number of aryl methyl sites for hydroxylation is 1. The summed E-state index contributed by atoms with van der Waals surface area (Å²) in [5.41, 5.74) is 2.59. The number of nitrogens with zero attached hydrogens (tertiary/aromatic N) is 1. The van der Waals surface area contributed by atoms with Gasteiger partial charge in [-0.3, -0.25) is 24.1 Å². The Bertz CT molecular complexity index is 1020. The Morgan fingerprint density at radius 2 is 1.72 bits per heavy atom. The second-order valence-electron chi connectivity index (χ2n) is 6.84. The first kappa shape index (κ1) is 20.5. The van der Waals surface area contributed by atoms with E-state index in [4.69, 9.17) is 11.6 Å². The van der Waals surface area contributed by atoms with Gasteiger partial charge in [0.25, 0.3) is 11.8 Å². The summed E-state index contributed by atoms with van der Waals surface area (Å²) in [5, 5.41) is 5.64. The van der Waals surface area contributed by atoms with Crippen molar-refractivity contribution in [2.45, 2.75) is 26.7 Å². The molecule has 1 heterocycles. The number of imide groups is 1. The third-order valence-electron chi connectivity index (χ3n) is 4.47. The number of benzene rings is 2. The van der Waals surface area contributed by atoms with Crippen LogP contribution in [-0.4, -0.2) is 35.1 Å². The Labute approximate surface area is 173 Å². The van der Waals surface area contributed by atoms with Gasteiger partial charge in [-0.05, 0) is 43.7 Å². The van der Waals surface area contributed by atoms with Gasteiger partial charge >= 0.3 is 0 Å². The van der Waals surface area contributed by atoms with Crippen molar-refractivity contribution in [2.75, 3.05) is 17.2 Å². The van der Waals surface area contributed by atoms with E-state index in [0.29, 0.717) is 33.9 Å². The summed E-state index contributed by atoms with van der Waals surface area (Å²) >= 11 is 6.09. The molecule has 0 saturated heterocycles. The Kier molecular flexibility index (Phi) is 5.98. The standard InChI is InChI=1S/C21H20ClN3O4/c1-12-5-7-15-16(10-12)21(29)25(20(15)28)9-3-4-19(27)24-18-11-14(23-13(2)26)6-8-17(18)22/h5-8,10-11H,3-4,9H2,1-2H3,(H,23,26)(H,24,27). The summed E-state index contributed by atoms with van der Waals surface area (Å²) in [6.45, 7) is 3.39. The third kappa shape index (κ3) is 4.63. The maximum Gasteiger partial charge on any atom is 0.261 e. The fourth-order valence-electron chi connectivity index (χ4n) is 3.12. The fraction of sp³-hybridized carbons (Fsp3) is 0.238. The van der Waals surface area contributed by atoms with Gasteiger partial charge in [-0.15, -0.1) is 0 Å². The molecule has 0 saturated carbocycles. The number of hydrogen-bond acceptors (Lipinski definition) is 4.